The third-order valence-electron chi connectivity index (χ3n) is 6.85. The number of anilines is 1. The Hall–Kier alpha value is -4.04. The number of carboxylic acid groups (broad SMARTS) is 1. The Morgan fingerprint density at radius 1 is 1.22 bits per heavy atom. The minimum Gasteiger partial charge on any atom is -0.478 e. The number of rotatable bonds is 11. The van der Waals surface area contributed by atoms with Gasteiger partial charge in [0.15, 0.2) is 0 Å². The van der Waals surface area contributed by atoms with Crippen molar-refractivity contribution in [1.82, 2.24) is 20.5 Å². The molecule has 4 rings (SSSR count). The van der Waals surface area contributed by atoms with E-state index in [9.17, 15) is 19.5 Å². The number of aliphatic imine (C=N–C) groups is 1. The number of nitrogens with zero attached hydrogens (tertiary/aromatic N) is 3. The van der Waals surface area contributed by atoms with Crippen LogP contribution in [0, 0.1) is 5.92 Å². The van der Waals surface area contributed by atoms with E-state index in [1.165, 1.54) is 6.08 Å². The summed E-state index contributed by atoms with van der Waals surface area (Å²) in [7, 11) is 0. The lowest BCUT2D eigenvalue weighted by molar-refractivity contribution is -0.149. The van der Waals surface area contributed by atoms with E-state index in [0.717, 1.165) is 30.2 Å². The number of benzene rings is 1. The Morgan fingerprint density at radius 3 is 2.78 bits per heavy atom. The molecule has 36 heavy (non-hydrogen) atoms. The molecule has 1 amide bonds. The van der Waals surface area contributed by atoms with E-state index < -0.39 is 23.5 Å². The van der Waals surface area contributed by atoms with Crippen LogP contribution in [0.5, 0.6) is 0 Å². The summed E-state index contributed by atoms with van der Waals surface area (Å²) >= 11 is 0. The fourth-order valence-corrected chi connectivity index (χ4v) is 4.95. The molecule has 0 spiro atoms. The summed E-state index contributed by atoms with van der Waals surface area (Å²) in [6.07, 6.45) is 9.87. The van der Waals surface area contributed by atoms with Gasteiger partial charge >= 0.3 is 5.97 Å². The molecule has 1 aliphatic rings. The first-order valence-electron chi connectivity index (χ1n) is 12.3. The first-order valence-corrected chi connectivity index (χ1v) is 12.3. The van der Waals surface area contributed by atoms with Gasteiger partial charge in [-0.1, -0.05) is 31.4 Å². The molecule has 1 aromatic carbocycles. The van der Waals surface area contributed by atoms with Gasteiger partial charge in [-0.15, -0.1) is 0 Å². The lowest BCUT2D eigenvalue weighted by Gasteiger charge is -2.35. The third kappa shape index (κ3) is 5.60. The van der Waals surface area contributed by atoms with Crippen molar-refractivity contribution in [2.24, 2.45) is 10.9 Å². The molecule has 0 saturated heterocycles. The van der Waals surface area contributed by atoms with Gasteiger partial charge in [-0.25, -0.2) is 14.6 Å². The molecule has 0 aliphatic heterocycles. The highest BCUT2D eigenvalue weighted by Crippen LogP contribution is 2.37. The molecule has 4 N–H and O–H groups in total. The highest BCUT2D eigenvalue weighted by molar-refractivity contribution is 5.90. The Balaban J connectivity index is 1.65. The summed E-state index contributed by atoms with van der Waals surface area (Å²) < 4.78 is 0. The average Bonchev–Trinajstić information content (AvgIpc) is 3.37. The molecule has 3 aromatic rings. The number of carbonyl (C=O) groups is 2. The summed E-state index contributed by atoms with van der Waals surface area (Å²) in [6, 6.07) is 10.9. The number of carbonyl (C=O) groups excluding carboxylic acids is 2. The maximum Gasteiger partial charge on any atom is 0.354 e. The number of fused-ring (bicyclic) bond motifs is 1. The second kappa shape index (κ2) is 11.6. The number of aliphatic carboxylic acids is 1. The third-order valence-corrected chi connectivity index (χ3v) is 6.85. The van der Waals surface area contributed by atoms with Crippen molar-refractivity contribution >= 4 is 34.7 Å². The van der Waals surface area contributed by atoms with Crippen LogP contribution in [-0.4, -0.2) is 50.5 Å². The van der Waals surface area contributed by atoms with E-state index in [2.05, 4.69) is 30.8 Å². The second-order valence-corrected chi connectivity index (χ2v) is 9.15. The molecular weight excluding hydrogens is 460 g/mol. The standard InChI is InChI=1S/C26H30N6O4/c33-17-29-26(25(35)36,31-24(34)18-7-2-1-3-8-18)21(9-6-14-28-23-10-4-5-13-27-23)19-11-12-22-20(15-19)16-30-32-22/h4-5,10-13,15-16,18,21H,1-3,6-9,14H2,(H,27,28)(H,30,32)(H,31,34)(H,35,36)/t21?,26-/m1/s1. The molecule has 2 atom stereocenters. The monoisotopic (exact) mass is 490 g/mol. The molecular formula is C26H30N6O4. The molecule has 1 unspecified atom stereocenters. The highest BCUT2D eigenvalue weighted by atomic mass is 16.4. The summed E-state index contributed by atoms with van der Waals surface area (Å²) in [4.78, 5) is 45.6. The van der Waals surface area contributed by atoms with Crippen LogP contribution in [-0.2, 0) is 14.4 Å². The van der Waals surface area contributed by atoms with Crippen molar-refractivity contribution in [3.05, 3.63) is 54.4 Å². The number of pyridine rings is 1. The predicted octanol–water partition coefficient (Wildman–Crippen LogP) is 3.75. The fraction of sp³-hybridized carbons (Fsp3) is 0.423. The van der Waals surface area contributed by atoms with E-state index in [4.69, 9.17) is 0 Å². The van der Waals surface area contributed by atoms with Gasteiger partial charge in [-0.2, -0.15) is 10.1 Å². The van der Waals surface area contributed by atoms with E-state index in [1.54, 1.807) is 24.5 Å². The first kappa shape index (κ1) is 25.1. The fourth-order valence-electron chi connectivity index (χ4n) is 4.95. The van der Waals surface area contributed by atoms with Crippen LogP contribution < -0.4 is 10.6 Å². The van der Waals surface area contributed by atoms with Crippen LogP contribution in [0.15, 0.2) is 53.8 Å². The molecule has 188 valence electrons. The van der Waals surface area contributed by atoms with Crippen LogP contribution in [0.1, 0.15) is 56.4 Å². The van der Waals surface area contributed by atoms with Crippen molar-refractivity contribution in [1.29, 1.82) is 0 Å². The van der Waals surface area contributed by atoms with E-state index in [1.807, 2.05) is 24.3 Å². The minimum atomic E-state index is -2.18. The Bertz CT molecular complexity index is 1230. The van der Waals surface area contributed by atoms with E-state index in [0.29, 0.717) is 43.6 Å². The van der Waals surface area contributed by atoms with Gasteiger partial charge in [0, 0.05) is 30.0 Å². The normalized spacial score (nSPS) is 16.4. The number of hydrogen-bond acceptors (Lipinski definition) is 7. The van der Waals surface area contributed by atoms with Gasteiger partial charge in [0.2, 0.25) is 17.6 Å². The molecule has 10 heteroatoms. The van der Waals surface area contributed by atoms with Gasteiger partial charge in [0.05, 0.1) is 11.7 Å². The second-order valence-electron chi connectivity index (χ2n) is 9.15. The summed E-state index contributed by atoms with van der Waals surface area (Å²) in [5.41, 5.74) is -0.758. The van der Waals surface area contributed by atoms with Crippen LogP contribution in [0.2, 0.25) is 0 Å². The van der Waals surface area contributed by atoms with Crippen molar-refractivity contribution in [2.45, 2.75) is 56.5 Å². The van der Waals surface area contributed by atoms with Gasteiger partial charge in [-0.05, 0) is 55.5 Å². The van der Waals surface area contributed by atoms with Crippen molar-refractivity contribution in [3.63, 3.8) is 0 Å². The Kier molecular flexibility index (Phi) is 8.07. The number of nitrogens with one attached hydrogen (secondary N) is 3. The molecule has 2 aromatic heterocycles. The van der Waals surface area contributed by atoms with Crippen LogP contribution in [0.25, 0.3) is 10.9 Å². The number of isocyanates is 1. The number of carboxylic acids is 1. The largest absolute Gasteiger partial charge is 0.478 e. The number of aromatic amines is 1. The summed E-state index contributed by atoms with van der Waals surface area (Å²) in [6.45, 7) is 0.512. The summed E-state index contributed by atoms with van der Waals surface area (Å²) in [5.74, 6) is -2.21. The number of amides is 1. The first-order chi connectivity index (χ1) is 17.5. The van der Waals surface area contributed by atoms with Crippen LogP contribution >= 0.6 is 0 Å². The Morgan fingerprint density at radius 2 is 2.06 bits per heavy atom. The van der Waals surface area contributed by atoms with Crippen molar-refractivity contribution in [2.75, 3.05) is 11.9 Å². The molecule has 10 nitrogen and oxygen atoms in total. The molecule has 2 heterocycles. The SMILES string of the molecule is O=C=N[C@](NC(=O)C1CCCCC1)(C(=O)O)C(CCCNc1ccccn1)c1ccc2[nH]ncc2c1. The Labute approximate surface area is 208 Å². The zero-order valence-electron chi connectivity index (χ0n) is 19.9. The predicted molar refractivity (Wildman–Crippen MR) is 134 cm³/mol. The van der Waals surface area contributed by atoms with Crippen LogP contribution in [0.4, 0.5) is 5.82 Å². The zero-order valence-corrected chi connectivity index (χ0v) is 19.9. The topological polar surface area (TPSA) is 149 Å². The maximum atomic E-state index is 13.2. The van der Waals surface area contributed by atoms with Crippen molar-refractivity contribution < 1.29 is 19.5 Å². The van der Waals surface area contributed by atoms with Crippen LogP contribution in [0.3, 0.4) is 0 Å². The maximum absolute atomic E-state index is 13.2. The van der Waals surface area contributed by atoms with Gasteiger partial charge in [0.1, 0.15) is 5.82 Å². The number of hydrogen-bond donors (Lipinski definition) is 4. The van der Waals surface area contributed by atoms with Gasteiger partial charge < -0.3 is 15.7 Å². The smallest absolute Gasteiger partial charge is 0.354 e. The average molecular weight is 491 g/mol. The minimum absolute atomic E-state index is 0.304. The lowest BCUT2D eigenvalue weighted by Crippen LogP contribution is -2.58. The number of H-pyrrole nitrogens is 1. The van der Waals surface area contributed by atoms with E-state index in [-0.39, 0.29) is 5.92 Å². The molecule has 1 fully saturated rings. The van der Waals surface area contributed by atoms with Gasteiger partial charge in [0.25, 0.3) is 0 Å². The number of aromatic nitrogens is 3. The van der Waals surface area contributed by atoms with Gasteiger partial charge in [-0.3, -0.25) is 9.89 Å². The highest BCUT2D eigenvalue weighted by Gasteiger charge is 2.49. The molecule has 0 radical (unpaired) electrons. The van der Waals surface area contributed by atoms with E-state index >= 15 is 0 Å². The molecule has 1 saturated carbocycles. The zero-order chi connectivity index (χ0) is 25.4. The molecule has 0 bridgehead atoms. The quantitative estimate of drug-likeness (QED) is 0.182. The lowest BCUT2D eigenvalue weighted by atomic mass is 9.81. The molecule has 1 aliphatic carbocycles. The van der Waals surface area contributed by atoms with Crippen molar-refractivity contribution in [3.8, 4) is 0 Å². The summed E-state index contributed by atoms with van der Waals surface area (Å²) in [5, 5.41) is 24.0.